The van der Waals surface area contributed by atoms with Crippen molar-refractivity contribution >= 4 is 17.6 Å². The summed E-state index contributed by atoms with van der Waals surface area (Å²) in [7, 11) is 0. The lowest BCUT2D eigenvalue weighted by Gasteiger charge is -2.25. The molecule has 138 valence electrons. The van der Waals surface area contributed by atoms with Crippen molar-refractivity contribution in [3.63, 3.8) is 0 Å². The normalized spacial score (nSPS) is 12.5. The minimum Gasteiger partial charge on any atom is -0.363 e. The molecule has 7 nitrogen and oxygen atoms in total. The van der Waals surface area contributed by atoms with E-state index in [1.807, 2.05) is 39.0 Å². The highest BCUT2D eigenvalue weighted by molar-refractivity contribution is 6.38. The molecule has 0 aliphatic carbocycles. The fourth-order valence-electron chi connectivity index (χ4n) is 2.65. The van der Waals surface area contributed by atoms with Crippen LogP contribution in [-0.2, 0) is 9.59 Å². The summed E-state index contributed by atoms with van der Waals surface area (Å²) in [4.78, 5) is 36.3. The Balaban J connectivity index is 2.34. The molecule has 1 heterocycles. The Morgan fingerprint density at radius 1 is 1.19 bits per heavy atom. The first-order valence-electron chi connectivity index (χ1n) is 8.26. The van der Waals surface area contributed by atoms with Crippen molar-refractivity contribution in [2.24, 2.45) is 11.1 Å². The highest BCUT2D eigenvalue weighted by Crippen LogP contribution is 2.27. The van der Waals surface area contributed by atoms with Gasteiger partial charge in [-0.1, -0.05) is 56.3 Å². The number of nitrogens with zero attached hydrogens (tertiary/aromatic N) is 1. The fraction of sp³-hybridized carbons (Fsp3) is 0.368. The van der Waals surface area contributed by atoms with Gasteiger partial charge in [0.15, 0.2) is 5.76 Å². The molecule has 2 aromatic rings. The number of hydrogen-bond acceptors (Lipinski definition) is 5. The van der Waals surface area contributed by atoms with Crippen LogP contribution in [0.25, 0.3) is 11.3 Å². The number of aryl methyl sites for hydroxylation is 1. The van der Waals surface area contributed by atoms with Crippen molar-refractivity contribution in [2.45, 2.75) is 40.2 Å². The Morgan fingerprint density at radius 2 is 1.81 bits per heavy atom. The maximum absolute atomic E-state index is 12.8. The van der Waals surface area contributed by atoms with Gasteiger partial charge in [0.05, 0.1) is 11.7 Å². The van der Waals surface area contributed by atoms with Gasteiger partial charge in [0.2, 0.25) is 5.78 Å². The molecule has 2 amide bonds. The van der Waals surface area contributed by atoms with Crippen LogP contribution in [0, 0.1) is 12.3 Å². The van der Waals surface area contributed by atoms with E-state index >= 15 is 0 Å². The van der Waals surface area contributed by atoms with Crippen LogP contribution in [-0.4, -0.2) is 28.8 Å². The predicted octanol–water partition coefficient (Wildman–Crippen LogP) is 2.24. The number of amides is 2. The van der Waals surface area contributed by atoms with E-state index in [2.05, 4.69) is 10.5 Å². The van der Waals surface area contributed by atoms with E-state index in [9.17, 15) is 14.4 Å². The van der Waals surface area contributed by atoms with Gasteiger partial charge < -0.3 is 15.6 Å². The topological polar surface area (TPSA) is 115 Å². The van der Waals surface area contributed by atoms with Crippen LogP contribution >= 0.6 is 0 Å². The van der Waals surface area contributed by atoms with Crippen molar-refractivity contribution in [2.75, 3.05) is 0 Å². The number of aromatic nitrogens is 1. The van der Waals surface area contributed by atoms with Gasteiger partial charge in [0.1, 0.15) is 5.56 Å². The Hall–Kier alpha value is -2.96. The highest BCUT2D eigenvalue weighted by atomic mass is 16.5. The molecule has 7 heteroatoms. The highest BCUT2D eigenvalue weighted by Gasteiger charge is 2.32. The third kappa shape index (κ3) is 4.56. The standard InChI is InChI=1S/C19H23N3O4/c1-11-14(16(26-22-11)12-8-6-5-7-9-12)18(25)21-13(10-19(2,3)4)15(23)17(20)24/h5-9,13H,10H2,1-4H3,(H2,20,24)(H,21,25). The third-order valence-electron chi connectivity index (χ3n) is 3.81. The average Bonchev–Trinajstić information content (AvgIpc) is 2.94. The SMILES string of the molecule is Cc1noc(-c2ccccc2)c1C(=O)NC(CC(C)(C)C)C(=O)C(N)=O. The maximum atomic E-state index is 12.8. The summed E-state index contributed by atoms with van der Waals surface area (Å²) < 4.78 is 5.31. The second-order valence-electron chi connectivity index (χ2n) is 7.36. The minimum atomic E-state index is -1.08. The Kier molecular flexibility index (Phi) is 5.59. The van der Waals surface area contributed by atoms with Gasteiger partial charge in [-0.3, -0.25) is 14.4 Å². The molecule has 0 saturated heterocycles. The molecule has 0 fully saturated rings. The molecule has 26 heavy (non-hydrogen) atoms. The van der Waals surface area contributed by atoms with Crippen LogP contribution in [0.2, 0.25) is 0 Å². The van der Waals surface area contributed by atoms with Gasteiger partial charge in [-0.2, -0.15) is 0 Å². The second kappa shape index (κ2) is 7.51. The van der Waals surface area contributed by atoms with E-state index in [1.165, 1.54) is 0 Å². The number of rotatable bonds is 6. The average molecular weight is 357 g/mol. The van der Waals surface area contributed by atoms with Crippen molar-refractivity contribution < 1.29 is 18.9 Å². The molecule has 0 spiro atoms. The number of benzene rings is 1. The molecule has 2 rings (SSSR count). The van der Waals surface area contributed by atoms with Gasteiger partial charge in [0, 0.05) is 5.56 Å². The lowest BCUT2D eigenvalue weighted by atomic mass is 9.86. The van der Waals surface area contributed by atoms with Gasteiger partial charge in [0.25, 0.3) is 11.8 Å². The summed E-state index contributed by atoms with van der Waals surface area (Å²) in [5.41, 5.74) is 6.14. The number of primary amides is 1. The summed E-state index contributed by atoms with van der Waals surface area (Å²) >= 11 is 0. The minimum absolute atomic E-state index is 0.229. The molecule has 0 aliphatic rings. The first kappa shape index (κ1) is 19.4. The van der Waals surface area contributed by atoms with Crippen LogP contribution in [0.5, 0.6) is 0 Å². The maximum Gasteiger partial charge on any atom is 0.287 e. The number of Topliss-reactive ketones (excluding diaryl/α,β-unsaturated/α-hetero) is 1. The monoisotopic (exact) mass is 357 g/mol. The van der Waals surface area contributed by atoms with Crippen LogP contribution < -0.4 is 11.1 Å². The van der Waals surface area contributed by atoms with Crippen LogP contribution in [0.1, 0.15) is 43.2 Å². The van der Waals surface area contributed by atoms with Crippen molar-refractivity contribution in [1.82, 2.24) is 10.5 Å². The van der Waals surface area contributed by atoms with Crippen molar-refractivity contribution in [3.8, 4) is 11.3 Å². The van der Waals surface area contributed by atoms with E-state index in [1.54, 1.807) is 19.1 Å². The summed E-state index contributed by atoms with van der Waals surface area (Å²) in [6.07, 6.45) is 0.269. The number of nitrogens with one attached hydrogen (secondary N) is 1. The molecule has 1 atom stereocenters. The lowest BCUT2D eigenvalue weighted by Crippen LogP contribution is -2.47. The molecule has 0 saturated carbocycles. The van der Waals surface area contributed by atoms with E-state index in [-0.39, 0.29) is 17.4 Å². The zero-order valence-electron chi connectivity index (χ0n) is 15.3. The fourth-order valence-corrected chi connectivity index (χ4v) is 2.65. The summed E-state index contributed by atoms with van der Waals surface area (Å²) in [6, 6.07) is 8.03. The molecule has 0 radical (unpaired) electrons. The summed E-state index contributed by atoms with van der Waals surface area (Å²) in [6.45, 7) is 7.35. The molecule has 3 N–H and O–H groups in total. The van der Waals surface area contributed by atoms with Gasteiger partial charge in [-0.15, -0.1) is 0 Å². The van der Waals surface area contributed by atoms with E-state index in [0.717, 1.165) is 0 Å². The van der Waals surface area contributed by atoms with Crippen LogP contribution in [0.3, 0.4) is 0 Å². The Morgan fingerprint density at radius 3 is 2.35 bits per heavy atom. The van der Waals surface area contributed by atoms with Gasteiger partial charge in [-0.05, 0) is 18.8 Å². The van der Waals surface area contributed by atoms with Crippen molar-refractivity contribution in [1.29, 1.82) is 0 Å². The smallest absolute Gasteiger partial charge is 0.287 e. The van der Waals surface area contributed by atoms with Crippen LogP contribution in [0.4, 0.5) is 0 Å². The molecular formula is C19H23N3O4. The number of carbonyl (C=O) groups is 3. The van der Waals surface area contributed by atoms with Gasteiger partial charge in [-0.25, -0.2) is 0 Å². The van der Waals surface area contributed by atoms with E-state index in [0.29, 0.717) is 17.0 Å². The molecular weight excluding hydrogens is 334 g/mol. The lowest BCUT2D eigenvalue weighted by molar-refractivity contribution is -0.137. The Bertz CT molecular complexity index is 819. The first-order chi connectivity index (χ1) is 12.1. The predicted molar refractivity (Wildman–Crippen MR) is 96.2 cm³/mol. The van der Waals surface area contributed by atoms with Gasteiger partial charge >= 0.3 is 0 Å². The summed E-state index contributed by atoms with van der Waals surface area (Å²) in [5.74, 6) is -2.14. The van der Waals surface area contributed by atoms with E-state index in [4.69, 9.17) is 10.3 Å². The second-order valence-corrected chi connectivity index (χ2v) is 7.36. The largest absolute Gasteiger partial charge is 0.363 e. The molecule has 1 aromatic carbocycles. The zero-order valence-corrected chi connectivity index (χ0v) is 15.3. The van der Waals surface area contributed by atoms with E-state index < -0.39 is 23.6 Å². The van der Waals surface area contributed by atoms with Crippen molar-refractivity contribution in [3.05, 3.63) is 41.6 Å². The quantitative estimate of drug-likeness (QED) is 0.769. The number of nitrogens with two attached hydrogens (primary N) is 1. The van der Waals surface area contributed by atoms with Crippen LogP contribution in [0.15, 0.2) is 34.9 Å². The molecule has 0 aliphatic heterocycles. The molecule has 1 unspecified atom stereocenters. The third-order valence-corrected chi connectivity index (χ3v) is 3.81. The molecule has 1 aromatic heterocycles. The number of ketones is 1. The number of carbonyl (C=O) groups excluding carboxylic acids is 3. The first-order valence-corrected chi connectivity index (χ1v) is 8.26. The zero-order chi connectivity index (χ0) is 19.5. The summed E-state index contributed by atoms with van der Waals surface area (Å²) in [5, 5.41) is 6.48. The number of hydrogen-bond donors (Lipinski definition) is 2. The molecule has 0 bridgehead atoms. The Labute approximate surface area is 151 Å².